The lowest BCUT2D eigenvalue weighted by atomic mass is 9.85. The highest BCUT2D eigenvalue weighted by Crippen LogP contribution is 2.37. The number of halogens is 1. The summed E-state index contributed by atoms with van der Waals surface area (Å²) in [6.07, 6.45) is 3.79. The number of aromatic nitrogens is 2. The highest BCUT2D eigenvalue weighted by molar-refractivity contribution is 6.29. The van der Waals surface area contributed by atoms with E-state index in [1.165, 1.54) is 0 Å². The van der Waals surface area contributed by atoms with Gasteiger partial charge >= 0.3 is 0 Å². The summed E-state index contributed by atoms with van der Waals surface area (Å²) < 4.78 is 0. The van der Waals surface area contributed by atoms with Crippen molar-refractivity contribution in [1.82, 2.24) is 10.2 Å². The Morgan fingerprint density at radius 3 is 2.65 bits per heavy atom. The van der Waals surface area contributed by atoms with Gasteiger partial charge in [-0.2, -0.15) is 0 Å². The number of nitrogens with zero attached hydrogens (tertiary/aromatic N) is 2. The molecule has 1 aliphatic carbocycles. The third-order valence-corrected chi connectivity index (χ3v) is 3.51. The molecule has 2 rings (SSSR count). The zero-order chi connectivity index (χ0) is 12.3. The van der Waals surface area contributed by atoms with Crippen LogP contribution in [0.4, 0.5) is 5.82 Å². The van der Waals surface area contributed by atoms with E-state index in [0.717, 1.165) is 25.7 Å². The number of hydrogen-bond donors (Lipinski definition) is 2. The van der Waals surface area contributed by atoms with Crippen molar-refractivity contribution in [2.45, 2.75) is 25.7 Å². The molecule has 5 nitrogen and oxygen atoms in total. The summed E-state index contributed by atoms with van der Waals surface area (Å²) in [6, 6.07) is 3.22. The summed E-state index contributed by atoms with van der Waals surface area (Å²) in [5.74, 6) is 0.355. The van der Waals surface area contributed by atoms with Gasteiger partial charge in [0, 0.05) is 6.54 Å². The number of nitrogens with two attached hydrogens (primary N) is 1. The van der Waals surface area contributed by atoms with Crippen LogP contribution in [0.15, 0.2) is 12.1 Å². The summed E-state index contributed by atoms with van der Waals surface area (Å²) in [5, 5.41) is 10.5. The third-order valence-electron chi connectivity index (χ3n) is 3.31. The van der Waals surface area contributed by atoms with Crippen LogP contribution in [0.5, 0.6) is 0 Å². The molecule has 0 aliphatic heterocycles. The zero-order valence-corrected chi connectivity index (χ0v) is 10.2. The minimum absolute atomic E-state index is 0.0610. The lowest BCUT2D eigenvalue weighted by molar-refractivity contribution is -0.124. The number of amides is 1. The predicted molar refractivity (Wildman–Crippen MR) is 65.6 cm³/mol. The van der Waals surface area contributed by atoms with Crippen LogP contribution < -0.4 is 11.1 Å². The van der Waals surface area contributed by atoms with Crippen LogP contribution in [0.2, 0.25) is 5.15 Å². The molecule has 1 aromatic heterocycles. The van der Waals surface area contributed by atoms with Crippen molar-refractivity contribution in [2.24, 2.45) is 11.1 Å². The van der Waals surface area contributed by atoms with Gasteiger partial charge in [-0.3, -0.25) is 4.79 Å². The Bertz CT molecular complexity index is 400. The molecule has 1 aromatic rings. The van der Waals surface area contributed by atoms with Crippen LogP contribution >= 0.6 is 11.6 Å². The average Bonchev–Trinajstić information content (AvgIpc) is 2.82. The van der Waals surface area contributed by atoms with Gasteiger partial charge in [-0.1, -0.05) is 24.4 Å². The fraction of sp³-hybridized carbons (Fsp3) is 0.545. The fourth-order valence-corrected chi connectivity index (χ4v) is 2.31. The maximum Gasteiger partial charge on any atom is 0.233 e. The van der Waals surface area contributed by atoms with E-state index >= 15 is 0 Å². The molecule has 1 amide bonds. The molecule has 1 saturated carbocycles. The Morgan fingerprint density at radius 2 is 2.12 bits per heavy atom. The second kappa shape index (κ2) is 4.98. The van der Waals surface area contributed by atoms with Crippen molar-refractivity contribution in [3.05, 3.63) is 17.3 Å². The van der Waals surface area contributed by atoms with Gasteiger partial charge in [0.05, 0.1) is 5.41 Å². The Morgan fingerprint density at radius 1 is 1.41 bits per heavy atom. The first kappa shape index (κ1) is 12.3. The molecule has 1 aliphatic rings. The first-order valence-electron chi connectivity index (χ1n) is 5.67. The van der Waals surface area contributed by atoms with E-state index < -0.39 is 5.41 Å². The predicted octanol–water partition coefficient (Wildman–Crippen LogP) is 1.59. The summed E-state index contributed by atoms with van der Waals surface area (Å²) in [4.78, 5) is 12.2. The minimum Gasteiger partial charge on any atom is -0.329 e. The molecule has 0 radical (unpaired) electrons. The third kappa shape index (κ3) is 2.56. The van der Waals surface area contributed by atoms with Crippen molar-refractivity contribution in [3.8, 4) is 0 Å². The van der Waals surface area contributed by atoms with Crippen LogP contribution in [0.25, 0.3) is 0 Å². The van der Waals surface area contributed by atoms with Gasteiger partial charge in [0.1, 0.15) is 0 Å². The first-order valence-corrected chi connectivity index (χ1v) is 6.05. The fourth-order valence-electron chi connectivity index (χ4n) is 2.21. The molecule has 92 valence electrons. The smallest absolute Gasteiger partial charge is 0.233 e. The van der Waals surface area contributed by atoms with Gasteiger partial charge in [-0.25, -0.2) is 0 Å². The van der Waals surface area contributed by atoms with Crippen LogP contribution in [0.3, 0.4) is 0 Å². The zero-order valence-electron chi connectivity index (χ0n) is 9.45. The van der Waals surface area contributed by atoms with Crippen molar-refractivity contribution < 1.29 is 4.79 Å². The molecular weight excluding hydrogens is 240 g/mol. The van der Waals surface area contributed by atoms with E-state index in [1.54, 1.807) is 12.1 Å². The van der Waals surface area contributed by atoms with Crippen LogP contribution in [0.1, 0.15) is 25.7 Å². The van der Waals surface area contributed by atoms with E-state index in [4.69, 9.17) is 17.3 Å². The van der Waals surface area contributed by atoms with Gasteiger partial charge < -0.3 is 11.1 Å². The average molecular weight is 255 g/mol. The molecule has 0 spiro atoms. The lowest BCUT2D eigenvalue weighted by Gasteiger charge is -2.25. The molecule has 0 aromatic carbocycles. The molecular formula is C11H15ClN4O. The van der Waals surface area contributed by atoms with Gasteiger partial charge in [0.15, 0.2) is 11.0 Å². The Kier molecular flexibility index (Phi) is 3.59. The second-order valence-corrected chi connectivity index (χ2v) is 4.77. The number of carbonyl (C=O) groups excluding carboxylic acids is 1. The van der Waals surface area contributed by atoms with E-state index in [1.807, 2.05) is 0 Å². The number of anilines is 1. The van der Waals surface area contributed by atoms with E-state index in [-0.39, 0.29) is 5.91 Å². The summed E-state index contributed by atoms with van der Waals surface area (Å²) >= 11 is 5.62. The highest BCUT2D eigenvalue weighted by Gasteiger charge is 2.39. The van der Waals surface area contributed by atoms with Crippen molar-refractivity contribution in [1.29, 1.82) is 0 Å². The number of carbonyl (C=O) groups is 1. The molecule has 0 unspecified atom stereocenters. The van der Waals surface area contributed by atoms with Gasteiger partial charge in [0.25, 0.3) is 0 Å². The Labute approximate surface area is 105 Å². The molecule has 3 N–H and O–H groups in total. The summed E-state index contributed by atoms with van der Waals surface area (Å²) in [7, 11) is 0. The van der Waals surface area contributed by atoms with E-state index in [0.29, 0.717) is 17.5 Å². The van der Waals surface area contributed by atoms with Gasteiger partial charge in [-0.15, -0.1) is 10.2 Å². The van der Waals surface area contributed by atoms with Crippen molar-refractivity contribution in [3.63, 3.8) is 0 Å². The van der Waals surface area contributed by atoms with Crippen molar-refractivity contribution in [2.75, 3.05) is 11.9 Å². The van der Waals surface area contributed by atoms with E-state index in [9.17, 15) is 4.79 Å². The summed E-state index contributed by atoms with van der Waals surface area (Å²) in [6.45, 7) is 0.375. The first-order chi connectivity index (χ1) is 8.16. The monoisotopic (exact) mass is 254 g/mol. The number of hydrogen-bond acceptors (Lipinski definition) is 4. The molecule has 17 heavy (non-hydrogen) atoms. The maximum absolute atomic E-state index is 12.2. The van der Waals surface area contributed by atoms with Crippen LogP contribution in [-0.2, 0) is 4.79 Å². The number of nitrogens with one attached hydrogen (secondary N) is 1. The standard InChI is InChI=1S/C11H15ClN4O/c12-8-3-4-9(16-15-8)14-10(17)11(7-13)5-1-2-6-11/h3-4H,1-2,5-7,13H2,(H,14,16,17). The van der Waals surface area contributed by atoms with E-state index in [2.05, 4.69) is 15.5 Å². The molecule has 1 heterocycles. The molecule has 1 fully saturated rings. The SMILES string of the molecule is NCC1(C(=O)Nc2ccc(Cl)nn2)CCCC1. The lowest BCUT2D eigenvalue weighted by Crippen LogP contribution is -2.40. The normalized spacial score (nSPS) is 18.0. The van der Waals surface area contributed by atoms with Crippen LogP contribution in [-0.4, -0.2) is 22.6 Å². The largest absolute Gasteiger partial charge is 0.329 e. The minimum atomic E-state index is -0.429. The maximum atomic E-state index is 12.2. The molecule has 6 heteroatoms. The van der Waals surface area contributed by atoms with Crippen LogP contribution in [0, 0.1) is 5.41 Å². The van der Waals surface area contributed by atoms with Gasteiger partial charge in [-0.05, 0) is 25.0 Å². The van der Waals surface area contributed by atoms with Crippen molar-refractivity contribution >= 4 is 23.3 Å². The topological polar surface area (TPSA) is 80.9 Å². The van der Waals surface area contributed by atoms with Gasteiger partial charge in [0.2, 0.25) is 5.91 Å². The highest BCUT2D eigenvalue weighted by atomic mass is 35.5. The molecule has 0 saturated heterocycles. The second-order valence-electron chi connectivity index (χ2n) is 4.39. The Hall–Kier alpha value is -1.20. The molecule has 0 atom stereocenters. The molecule has 0 bridgehead atoms. The summed E-state index contributed by atoms with van der Waals surface area (Å²) in [5.41, 5.74) is 5.30. The number of rotatable bonds is 3. The quantitative estimate of drug-likeness (QED) is 0.858. The Balaban J connectivity index is 2.08.